The van der Waals surface area contributed by atoms with E-state index in [2.05, 4.69) is 25.1 Å². The molecular weight excluding hydrogens is 373 g/mol. The van der Waals surface area contributed by atoms with Crippen LogP contribution in [0.1, 0.15) is 23.3 Å². The van der Waals surface area contributed by atoms with Crippen LogP contribution in [0.25, 0.3) is 0 Å². The molecule has 1 aromatic carbocycles. The zero-order valence-corrected chi connectivity index (χ0v) is 14.9. The van der Waals surface area contributed by atoms with Crippen LogP contribution in [0.15, 0.2) is 28.8 Å². The van der Waals surface area contributed by atoms with Crippen molar-refractivity contribution in [1.82, 2.24) is 20.4 Å². The van der Waals surface area contributed by atoms with Gasteiger partial charge in [-0.05, 0) is 31.2 Å². The number of alkyl halides is 3. The standard InChI is InChI=1S/C16H19F3N4O2.ClH/c1-23-9-8-20-10-13(23)15-21-14(25-22-15)7-4-11-2-5-12(6-3-11)24-16(17,18)19;/h2-3,5-6,13,20H,4,7-10H2,1H3;1H. The van der Waals surface area contributed by atoms with E-state index in [0.29, 0.717) is 24.6 Å². The van der Waals surface area contributed by atoms with Crippen molar-refractivity contribution in [3.8, 4) is 5.75 Å². The minimum Gasteiger partial charge on any atom is -0.406 e. The summed E-state index contributed by atoms with van der Waals surface area (Å²) in [6.07, 6.45) is -3.56. The van der Waals surface area contributed by atoms with Crippen LogP contribution < -0.4 is 10.1 Å². The Balaban J connectivity index is 0.00000243. The van der Waals surface area contributed by atoms with Gasteiger partial charge in [-0.1, -0.05) is 17.3 Å². The summed E-state index contributed by atoms with van der Waals surface area (Å²) in [6.45, 7) is 2.63. The maximum absolute atomic E-state index is 12.1. The van der Waals surface area contributed by atoms with Crippen LogP contribution in [0.5, 0.6) is 5.75 Å². The topological polar surface area (TPSA) is 63.4 Å². The molecule has 26 heavy (non-hydrogen) atoms. The molecule has 1 aliphatic heterocycles. The molecule has 3 rings (SSSR count). The van der Waals surface area contributed by atoms with E-state index in [1.165, 1.54) is 12.1 Å². The maximum atomic E-state index is 12.1. The summed E-state index contributed by atoms with van der Waals surface area (Å²) in [6, 6.07) is 5.87. The van der Waals surface area contributed by atoms with E-state index in [1.54, 1.807) is 12.1 Å². The third-order valence-corrected chi connectivity index (χ3v) is 4.08. The van der Waals surface area contributed by atoms with Gasteiger partial charge in [-0.15, -0.1) is 25.6 Å². The number of nitrogens with one attached hydrogen (secondary N) is 1. The summed E-state index contributed by atoms with van der Waals surface area (Å²) in [4.78, 5) is 6.60. The summed E-state index contributed by atoms with van der Waals surface area (Å²) in [7, 11) is 2.02. The van der Waals surface area contributed by atoms with Gasteiger partial charge in [0.1, 0.15) is 5.75 Å². The lowest BCUT2D eigenvalue weighted by molar-refractivity contribution is -0.274. The van der Waals surface area contributed by atoms with Gasteiger partial charge in [0.2, 0.25) is 5.89 Å². The van der Waals surface area contributed by atoms with Crippen LogP contribution in [-0.4, -0.2) is 48.1 Å². The fourth-order valence-corrected chi connectivity index (χ4v) is 2.71. The number of halogens is 4. The summed E-state index contributed by atoms with van der Waals surface area (Å²) in [5.74, 6) is 0.937. The highest BCUT2D eigenvalue weighted by Crippen LogP contribution is 2.23. The predicted molar refractivity (Wildman–Crippen MR) is 90.3 cm³/mol. The molecule has 144 valence electrons. The Morgan fingerprint density at radius 2 is 2.00 bits per heavy atom. The Hall–Kier alpha value is -1.84. The Bertz CT molecular complexity index is 694. The molecule has 1 saturated heterocycles. The first-order chi connectivity index (χ1) is 11.9. The van der Waals surface area contributed by atoms with E-state index in [4.69, 9.17) is 4.52 Å². The number of aryl methyl sites for hydroxylation is 2. The second-order valence-electron chi connectivity index (χ2n) is 5.94. The van der Waals surface area contributed by atoms with E-state index < -0.39 is 6.36 Å². The molecular formula is C16H20ClF3N4O2. The first kappa shape index (κ1) is 20.5. The highest BCUT2D eigenvalue weighted by Gasteiger charge is 2.31. The van der Waals surface area contributed by atoms with Gasteiger partial charge in [0, 0.05) is 26.1 Å². The van der Waals surface area contributed by atoms with Crippen molar-refractivity contribution in [2.24, 2.45) is 0 Å². The van der Waals surface area contributed by atoms with Crippen molar-refractivity contribution < 1.29 is 22.4 Å². The number of aromatic nitrogens is 2. The van der Waals surface area contributed by atoms with Crippen LogP contribution in [0.2, 0.25) is 0 Å². The van der Waals surface area contributed by atoms with Crippen LogP contribution in [-0.2, 0) is 12.8 Å². The molecule has 6 nitrogen and oxygen atoms in total. The van der Waals surface area contributed by atoms with Crippen molar-refractivity contribution in [3.05, 3.63) is 41.5 Å². The number of ether oxygens (including phenoxy) is 1. The molecule has 0 spiro atoms. The highest BCUT2D eigenvalue weighted by molar-refractivity contribution is 5.85. The quantitative estimate of drug-likeness (QED) is 0.844. The Kier molecular flexibility index (Phi) is 6.85. The number of benzene rings is 1. The first-order valence-corrected chi connectivity index (χ1v) is 7.99. The molecule has 0 aliphatic carbocycles. The monoisotopic (exact) mass is 392 g/mol. The average Bonchev–Trinajstić information content (AvgIpc) is 3.02. The highest BCUT2D eigenvalue weighted by atomic mass is 35.5. The molecule has 2 heterocycles. The molecule has 1 fully saturated rings. The van der Waals surface area contributed by atoms with Crippen LogP contribution in [0.3, 0.4) is 0 Å². The predicted octanol–water partition coefficient (Wildman–Crippen LogP) is 2.75. The Morgan fingerprint density at radius 3 is 2.65 bits per heavy atom. The lowest BCUT2D eigenvalue weighted by atomic mass is 10.1. The minimum absolute atomic E-state index is 0. The Labute approximate surface area is 155 Å². The van der Waals surface area contributed by atoms with E-state index in [9.17, 15) is 13.2 Å². The van der Waals surface area contributed by atoms with Gasteiger partial charge >= 0.3 is 6.36 Å². The second kappa shape index (κ2) is 8.70. The second-order valence-corrected chi connectivity index (χ2v) is 5.94. The summed E-state index contributed by atoms with van der Waals surface area (Å²) >= 11 is 0. The average molecular weight is 393 g/mol. The molecule has 1 N–H and O–H groups in total. The normalized spacial score (nSPS) is 18.4. The molecule has 0 bridgehead atoms. The van der Waals surface area contributed by atoms with E-state index in [0.717, 1.165) is 25.2 Å². The smallest absolute Gasteiger partial charge is 0.406 e. The third-order valence-electron chi connectivity index (χ3n) is 4.08. The van der Waals surface area contributed by atoms with Crippen molar-refractivity contribution >= 4 is 12.4 Å². The van der Waals surface area contributed by atoms with Gasteiger partial charge in [-0.3, -0.25) is 4.90 Å². The van der Waals surface area contributed by atoms with Crippen molar-refractivity contribution in [1.29, 1.82) is 0 Å². The van der Waals surface area contributed by atoms with Crippen LogP contribution >= 0.6 is 12.4 Å². The van der Waals surface area contributed by atoms with Crippen molar-refractivity contribution in [2.75, 3.05) is 26.7 Å². The van der Waals surface area contributed by atoms with Gasteiger partial charge in [-0.2, -0.15) is 4.98 Å². The van der Waals surface area contributed by atoms with Crippen molar-refractivity contribution in [3.63, 3.8) is 0 Å². The third kappa shape index (κ3) is 5.58. The van der Waals surface area contributed by atoms with Gasteiger partial charge in [-0.25, -0.2) is 0 Å². The van der Waals surface area contributed by atoms with Crippen LogP contribution in [0.4, 0.5) is 13.2 Å². The Morgan fingerprint density at radius 1 is 1.27 bits per heavy atom. The largest absolute Gasteiger partial charge is 0.573 e. The van der Waals surface area contributed by atoms with Gasteiger partial charge in [0.25, 0.3) is 0 Å². The number of rotatable bonds is 5. The lowest BCUT2D eigenvalue weighted by Gasteiger charge is -2.30. The molecule has 10 heteroatoms. The molecule has 0 amide bonds. The summed E-state index contributed by atoms with van der Waals surface area (Å²) in [5.41, 5.74) is 0.866. The first-order valence-electron chi connectivity index (χ1n) is 7.99. The van der Waals surface area contributed by atoms with Gasteiger partial charge in [0.05, 0.1) is 6.04 Å². The van der Waals surface area contributed by atoms with E-state index >= 15 is 0 Å². The van der Waals surface area contributed by atoms with Crippen molar-refractivity contribution in [2.45, 2.75) is 25.2 Å². The van der Waals surface area contributed by atoms with E-state index in [-0.39, 0.29) is 24.2 Å². The summed E-state index contributed by atoms with van der Waals surface area (Å²) in [5, 5.41) is 7.34. The molecule has 1 aromatic heterocycles. The number of hydrogen-bond acceptors (Lipinski definition) is 6. The van der Waals surface area contributed by atoms with Crippen LogP contribution in [0, 0.1) is 0 Å². The molecule has 1 unspecified atom stereocenters. The number of hydrogen-bond donors (Lipinski definition) is 1. The fraction of sp³-hybridized carbons (Fsp3) is 0.500. The molecule has 2 aromatic rings. The van der Waals surface area contributed by atoms with E-state index in [1.807, 2.05) is 7.05 Å². The number of nitrogens with zero attached hydrogens (tertiary/aromatic N) is 3. The van der Waals surface area contributed by atoms with Gasteiger partial charge in [0.15, 0.2) is 5.82 Å². The zero-order chi connectivity index (χ0) is 17.9. The molecule has 1 aliphatic rings. The maximum Gasteiger partial charge on any atom is 0.573 e. The summed E-state index contributed by atoms with van der Waals surface area (Å²) < 4.78 is 45.5. The number of likely N-dealkylation sites (N-methyl/N-ethyl adjacent to an activating group) is 1. The lowest BCUT2D eigenvalue weighted by Crippen LogP contribution is -2.44. The molecule has 0 saturated carbocycles. The molecule has 0 radical (unpaired) electrons. The molecule has 1 atom stereocenters. The SMILES string of the molecule is CN1CCNCC1c1noc(CCc2ccc(OC(F)(F)F)cc2)n1.Cl. The fourth-order valence-electron chi connectivity index (χ4n) is 2.71. The zero-order valence-electron chi connectivity index (χ0n) is 14.1. The van der Waals surface area contributed by atoms with Gasteiger partial charge < -0.3 is 14.6 Å². The number of piperazine rings is 1. The minimum atomic E-state index is -4.68.